The Morgan fingerprint density at radius 1 is 1.40 bits per heavy atom. The van der Waals surface area contributed by atoms with Gasteiger partial charge < -0.3 is 0 Å². The summed E-state index contributed by atoms with van der Waals surface area (Å²) >= 11 is 0. The second-order valence-corrected chi connectivity index (χ2v) is 3.87. The first-order chi connectivity index (χ1) is 7.22. The Hall–Kier alpha value is -1.35. The summed E-state index contributed by atoms with van der Waals surface area (Å²) in [5.74, 6) is 0. The molecule has 3 nitrogen and oxygen atoms in total. The number of rotatable bonds is 3. The quantitative estimate of drug-likeness (QED) is 0.764. The van der Waals surface area contributed by atoms with Crippen molar-refractivity contribution in [1.29, 1.82) is 0 Å². The van der Waals surface area contributed by atoms with E-state index in [2.05, 4.69) is 43.2 Å². The van der Waals surface area contributed by atoms with Crippen LogP contribution in [0.15, 0.2) is 30.5 Å². The van der Waals surface area contributed by atoms with E-state index in [1.165, 1.54) is 5.39 Å². The van der Waals surface area contributed by atoms with Gasteiger partial charge in [-0.1, -0.05) is 25.1 Å². The molecule has 0 aliphatic heterocycles. The van der Waals surface area contributed by atoms with Crippen LogP contribution >= 0.6 is 0 Å². The van der Waals surface area contributed by atoms with E-state index in [-0.39, 0.29) is 0 Å². The molecule has 0 N–H and O–H groups in total. The van der Waals surface area contributed by atoms with Crippen molar-refractivity contribution >= 4 is 10.9 Å². The zero-order chi connectivity index (χ0) is 10.8. The molecule has 0 spiro atoms. The van der Waals surface area contributed by atoms with Crippen molar-refractivity contribution in [1.82, 2.24) is 14.7 Å². The second kappa shape index (κ2) is 4.03. The molecule has 0 amide bonds. The van der Waals surface area contributed by atoms with Crippen molar-refractivity contribution in [3.05, 3.63) is 30.5 Å². The summed E-state index contributed by atoms with van der Waals surface area (Å²) in [5, 5.41) is 5.76. The smallest absolute Gasteiger partial charge is 0.101 e. The molecule has 1 aromatic carbocycles. The first-order valence-electron chi connectivity index (χ1n) is 5.36. The summed E-state index contributed by atoms with van der Waals surface area (Å²) in [6.07, 6.45) is 2.41. The van der Waals surface area contributed by atoms with Crippen LogP contribution in [0.2, 0.25) is 0 Å². The van der Waals surface area contributed by atoms with E-state index in [0.29, 0.717) is 6.17 Å². The lowest BCUT2D eigenvalue weighted by molar-refractivity contribution is 0.190. The summed E-state index contributed by atoms with van der Waals surface area (Å²) in [7, 11) is 2.11. The molecule has 0 aliphatic carbocycles. The standard InChI is InChI=1S/C12H17N3/c1-4-14(3)10(2)15-9-11-7-5-6-8-12(11)13-15/h5-10H,4H2,1-3H3. The van der Waals surface area contributed by atoms with Crippen LogP contribution in [0.5, 0.6) is 0 Å². The highest BCUT2D eigenvalue weighted by atomic mass is 15.4. The van der Waals surface area contributed by atoms with Crippen molar-refractivity contribution in [2.75, 3.05) is 13.6 Å². The molecule has 2 aromatic rings. The number of nitrogens with zero attached hydrogens (tertiary/aromatic N) is 3. The number of fused-ring (bicyclic) bond motifs is 1. The Balaban J connectivity index is 2.36. The molecule has 0 bridgehead atoms. The predicted molar refractivity (Wildman–Crippen MR) is 62.7 cm³/mol. The van der Waals surface area contributed by atoms with Gasteiger partial charge in [-0.05, 0) is 26.6 Å². The third-order valence-corrected chi connectivity index (χ3v) is 2.95. The minimum atomic E-state index is 0.308. The maximum absolute atomic E-state index is 4.56. The zero-order valence-electron chi connectivity index (χ0n) is 9.51. The summed E-state index contributed by atoms with van der Waals surface area (Å²) in [5.41, 5.74) is 1.06. The van der Waals surface area contributed by atoms with E-state index in [1.54, 1.807) is 0 Å². The number of aromatic nitrogens is 2. The molecular weight excluding hydrogens is 186 g/mol. The molecule has 15 heavy (non-hydrogen) atoms. The fraction of sp³-hybridized carbons (Fsp3) is 0.417. The number of hydrogen-bond donors (Lipinski definition) is 0. The van der Waals surface area contributed by atoms with E-state index in [1.807, 2.05) is 22.9 Å². The molecular formula is C12H17N3. The Kier molecular flexibility index (Phi) is 2.73. The van der Waals surface area contributed by atoms with Gasteiger partial charge in [-0.3, -0.25) is 9.58 Å². The van der Waals surface area contributed by atoms with Gasteiger partial charge in [-0.25, -0.2) is 0 Å². The van der Waals surface area contributed by atoms with Gasteiger partial charge in [-0.2, -0.15) is 5.10 Å². The van der Waals surface area contributed by atoms with Crippen molar-refractivity contribution in [2.45, 2.75) is 20.0 Å². The highest BCUT2D eigenvalue weighted by Gasteiger charge is 2.10. The molecule has 0 aliphatic rings. The molecule has 1 atom stereocenters. The van der Waals surface area contributed by atoms with Gasteiger partial charge >= 0.3 is 0 Å². The Morgan fingerprint density at radius 2 is 2.13 bits per heavy atom. The lowest BCUT2D eigenvalue weighted by atomic mass is 10.3. The minimum Gasteiger partial charge on any atom is -0.285 e. The largest absolute Gasteiger partial charge is 0.285 e. The molecule has 0 radical (unpaired) electrons. The van der Waals surface area contributed by atoms with E-state index >= 15 is 0 Å². The van der Waals surface area contributed by atoms with E-state index in [4.69, 9.17) is 0 Å². The predicted octanol–water partition coefficient (Wildman–Crippen LogP) is 2.51. The van der Waals surface area contributed by atoms with Crippen LogP contribution < -0.4 is 0 Å². The average molecular weight is 203 g/mol. The van der Waals surface area contributed by atoms with Gasteiger partial charge in [0.15, 0.2) is 0 Å². The van der Waals surface area contributed by atoms with Crippen LogP contribution in [0.1, 0.15) is 20.0 Å². The van der Waals surface area contributed by atoms with Gasteiger partial charge in [-0.15, -0.1) is 0 Å². The zero-order valence-corrected chi connectivity index (χ0v) is 9.51. The highest BCUT2D eigenvalue weighted by Crippen LogP contribution is 2.16. The van der Waals surface area contributed by atoms with Gasteiger partial charge in [0.1, 0.15) is 6.17 Å². The SMILES string of the molecule is CCN(C)C(C)n1cc2ccccc2n1. The van der Waals surface area contributed by atoms with Crippen LogP contribution in [0.3, 0.4) is 0 Å². The van der Waals surface area contributed by atoms with Gasteiger partial charge in [0, 0.05) is 11.6 Å². The van der Waals surface area contributed by atoms with Crippen molar-refractivity contribution in [3.63, 3.8) is 0 Å². The summed E-state index contributed by atoms with van der Waals surface area (Å²) in [4.78, 5) is 2.26. The molecule has 3 heteroatoms. The molecule has 80 valence electrons. The van der Waals surface area contributed by atoms with E-state index < -0.39 is 0 Å². The van der Waals surface area contributed by atoms with Crippen LogP contribution in [-0.2, 0) is 0 Å². The fourth-order valence-electron chi connectivity index (χ4n) is 1.64. The molecule has 0 saturated heterocycles. The number of benzene rings is 1. The Bertz CT molecular complexity index is 414. The minimum absolute atomic E-state index is 0.308. The maximum atomic E-state index is 4.56. The van der Waals surface area contributed by atoms with Crippen molar-refractivity contribution < 1.29 is 0 Å². The van der Waals surface area contributed by atoms with E-state index in [9.17, 15) is 0 Å². The van der Waals surface area contributed by atoms with Crippen LogP contribution in [0, 0.1) is 0 Å². The van der Waals surface area contributed by atoms with Crippen LogP contribution in [-0.4, -0.2) is 28.3 Å². The first kappa shape index (κ1) is 10.2. The third kappa shape index (κ3) is 1.88. The Labute approximate surface area is 90.3 Å². The molecule has 1 aromatic heterocycles. The second-order valence-electron chi connectivity index (χ2n) is 3.87. The molecule has 2 rings (SSSR count). The van der Waals surface area contributed by atoms with Gasteiger partial charge in [0.2, 0.25) is 0 Å². The van der Waals surface area contributed by atoms with E-state index in [0.717, 1.165) is 12.1 Å². The van der Waals surface area contributed by atoms with Crippen LogP contribution in [0.4, 0.5) is 0 Å². The molecule has 1 unspecified atom stereocenters. The van der Waals surface area contributed by atoms with Crippen molar-refractivity contribution in [2.24, 2.45) is 0 Å². The number of hydrogen-bond acceptors (Lipinski definition) is 2. The fourth-order valence-corrected chi connectivity index (χ4v) is 1.64. The Morgan fingerprint density at radius 3 is 2.80 bits per heavy atom. The summed E-state index contributed by atoms with van der Waals surface area (Å²) < 4.78 is 2.02. The lowest BCUT2D eigenvalue weighted by Gasteiger charge is -2.22. The van der Waals surface area contributed by atoms with Gasteiger partial charge in [0.25, 0.3) is 0 Å². The molecule has 0 saturated carbocycles. The first-order valence-corrected chi connectivity index (χ1v) is 5.36. The summed E-state index contributed by atoms with van der Waals surface area (Å²) in [6.45, 7) is 5.34. The summed E-state index contributed by atoms with van der Waals surface area (Å²) in [6, 6.07) is 8.21. The van der Waals surface area contributed by atoms with Crippen molar-refractivity contribution in [3.8, 4) is 0 Å². The van der Waals surface area contributed by atoms with Gasteiger partial charge in [0.05, 0.1) is 5.52 Å². The van der Waals surface area contributed by atoms with Crippen LogP contribution in [0.25, 0.3) is 10.9 Å². The normalized spacial score (nSPS) is 13.6. The third-order valence-electron chi connectivity index (χ3n) is 2.95. The molecule has 0 fully saturated rings. The monoisotopic (exact) mass is 203 g/mol. The lowest BCUT2D eigenvalue weighted by Crippen LogP contribution is -2.26. The maximum Gasteiger partial charge on any atom is 0.101 e. The highest BCUT2D eigenvalue weighted by molar-refractivity contribution is 5.77. The average Bonchev–Trinajstić information content (AvgIpc) is 2.70. The topological polar surface area (TPSA) is 21.1 Å². The molecule has 1 heterocycles.